The summed E-state index contributed by atoms with van der Waals surface area (Å²) in [7, 11) is 0. The molecule has 5 heteroatoms. The summed E-state index contributed by atoms with van der Waals surface area (Å²) in [5.41, 5.74) is 6.95. The smallest absolute Gasteiger partial charge is 0.248 e. The van der Waals surface area contributed by atoms with Gasteiger partial charge in [-0.25, -0.2) is 0 Å². The molecule has 1 saturated heterocycles. The molecule has 3 aliphatic rings. The molecule has 1 aromatic carbocycles. The molecular formula is C20H27N3O2. The van der Waals surface area contributed by atoms with Gasteiger partial charge in [-0.15, -0.1) is 0 Å². The highest BCUT2D eigenvalue weighted by atomic mass is 16.2. The highest BCUT2D eigenvalue weighted by Gasteiger charge is 2.47. The molecule has 5 nitrogen and oxygen atoms in total. The van der Waals surface area contributed by atoms with Crippen molar-refractivity contribution in [2.24, 2.45) is 11.7 Å². The lowest BCUT2D eigenvalue weighted by atomic mass is 9.90. The number of primary amides is 1. The first-order valence-corrected chi connectivity index (χ1v) is 9.49. The lowest BCUT2D eigenvalue weighted by Gasteiger charge is -2.46. The fraction of sp³-hybridized carbons (Fsp3) is 0.600. The van der Waals surface area contributed by atoms with Crippen LogP contribution in [0.3, 0.4) is 0 Å². The van der Waals surface area contributed by atoms with Gasteiger partial charge in [-0.1, -0.05) is 18.6 Å². The van der Waals surface area contributed by atoms with Crippen LogP contribution in [0.15, 0.2) is 24.3 Å². The molecule has 0 spiro atoms. The Morgan fingerprint density at radius 3 is 2.40 bits per heavy atom. The maximum absolute atomic E-state index is 12.9. The van der Waals surface area contributed by atoms with Gasteiger partial charge in [0.05, 0.1) is 0 Å². The van der Waals surface area contributed by atoms with Crippen LogP contribution < -0.4 is 5.73 Å². The van der Waals surface area contributed by atoms with Crippen molar-refractivity contribution in [2.45, 2.75) is 50.6 Å². The molecule has 3 atom stereocenters. The third-order valence-corrected chi connectivity index (χ3v) is 6.26. The first kappa shape index (κ1) is 16.6. The molecule has 2 N–H and O–H groups in total. The number of benzene rings is 1. The lowest BCUT2D eigenvalue weighted by Crippen LogP contribution is -2.58. The minimum atomic E-state index is -0.409. The molecule has 0 unspecified atom stereocenters. The number of rotatable bonds is 4. The molecule has 0 aromatic heterocycles. The monoisotopic (exact) mass is 341 g/mol. The minimum absolute atomic E-state index is 0.108. The average Bonchev–Trinajstić information content (AvgIpc) is 3.33. The number of nitrogens with two attached hydrogens (primary N) is 1. The second-order valence-corrected chi connectivity index (χ2v) is 7.90. The van der Waals surface area contributed by atoms with Gasteiger partial charge in [0, 0.05) is 43.2 Å². The number of hydrogen-bond acceptors (Lipinski definition) is 3. The van der Waals surface area contributed by atoms with E-state index in [0.29, 0.717) is 23.4 Å². The van der Waals surface area contributed by atoms with Crippen LogP contribution in [0.25, 0.3) is 0 Å². The summed E-state index contributed by atoms with van der Waals surface area (Å²) in [4.78, 5) is 28.8. The Morgan fingerprint density at radius 1 is 1.12 bits per heavy atom. The van der Waals surface area contributed by atoms with Crippen molar-refractivity contribution < 1.29 is 9.59 Å². The predicted molar refractivity (Wildman–Crippen MR) is 96.2 cm³/mol. The third kappa shape index (κ3) is 3.17. The second-order valence-electron chi connectivity index (χ2n) is 7.90. The average molecular weight is 341 g/mol. The first-order valence-electron chi connectivity index (χ1n) is 9.49. The van der Waals surface area contributed by atoms with Crippen LogP contribution >= 0.6 is 0 Å². The zero-order chi connectivity index (χ0) is 17.6. The SMILES string of the molecule is C[C@@H]1CN(C2CCC2)CCN1C(=O)[C@H]1C[C@@H]1c1ccc(C(N)=O)cc1. The molecule has 2 amide bonds. The Bertz CT molecular complexity index is 668. The zero-order valence-electron chi connectivity index (χ0n) is 14.9. The Labute approximate surface area is 149 Å². The van der Waals surface area contributed by atoms with Crippen LogP contribution in [0, 0.1) is 5.92 Å². The summed E-state index contributed by atoms with van der Waals surface area (Å²) in [5, 5.41) is 0. The Morgan fingerprint density at radius 2 is 1.84 bits per heavy atom. The molecule has 134 valence electrons. The number of hydrogen-bond donors (Lipinski definition) is 1. The van der Waals surface area contributed by atoms with E-state index in [1.165, 1.54) is 19.3 Å². The standard InChI is InChI=1S/C20H27N3O2/c1-13-12-22(16-3-2-4-16)9-10-23(13)20(25)18-11-17(18)14-5-7-15(8-6-14)19(21)24/h5-8,13,16-18H,2-4,9-12H2,1H3,(H2,21,24)/t13-,17-,18+/m1/s1. The number of carbonyl (C=O) groups excluding carboxylic acids is 2. The van der Waals surface area contributed by atoms with Crippen LogP contribution in [0.4, 0.5) is 0 Å². The molecule has 2 saturated carbocycles. The van der Waals surface area contributed by atoms with Gasteiger partial charge < -0.3 is 10.6 Å². The molecule has 0 radical (unpaired) electrons. The highest BCUT2D eigenvalue weighted by molar-refractivity contribution is 5.92. The summed E-state index contributed by atoms with van der Waals surface area (Å²) in [6, 6.07) is 8.47. The molecule has 1 heterocycles. The number of piperazine rings is 1. The molecule has 1 aromatic rings. The maximum Gasteiger partial charge on any atom is 0.248 e. The van der Waals surface area contributed by atoms with E-state index in [2.05, 4.69) is 16.7 Å². The van der Waals surface area contributed by atoms with E-state index in [9.17, 15) is 9.59 Å². The van der Waals surface area contributed by atoms with Crippen molar-refractivity contribution in [1.82, 2.24) is 9.80 Å². The lowest BCUT2D eigenvalue weighted by molar-refractivity contribution is -0.138. The second kappa shape index (κ2) is 6.45. The molecule has 0 bridgehead atoms. The van der Waals surface area contributed by atoms with Gasteiger partial charge in [-0.3, -0.25) is 14.5 Å². The van der Waals surface area contributed by atoms with Crippen LogP contribution in [-0.4, -0.2) is 53.3 Å². The van der Waals surface area contributed by atoms with Crippen molar-refractivity contribution in [3.05, 3.63) is 35.4 Å². The van der Waals surface area contributed by atoms with Crippen molar-refractivity contribution in [3.8, 4) is 0 Å². The molecule has 25 heavy (non-hydrogen) atoms. The predicted octanol–water partition coefficient (Wildman–Crippen LogP) is 1.97. The van der Waals surface area contributed by atoms with Gasteiger partial charge in [0.2, 0.25) is 11.8 Å². The van der Waals surface area contributed by atoms with E-state index in [1.807, 2.05) is 12.1 Å². The number of amides is 2. The van der Waals surface area contributed by atoms with Gasteiger partial charge >= 0.3 is 0 Å². The van der Waals surface area contributed by atoms with Gasteiger partial charge in [0.1, 0.15) is 0 Å². The van der Waals surface area contributed by atoms with E-state index < -0.39 is 5.91 Å². The zero-order valence-corrected chi connectivity index (χ0v) is 14.9. The van der Waals surface area contributed by atoms with Gasteiger partial charge in [-0.05, 0) is 49.8 Å². The van der Waals surface area contributed by atoms with Gasteiger partial charge in [0.25, 0.3) is 0 Å². The van der Waals surface area contributed by atoms with Crippen molar-refractivity contribution in [1.29, 1.82) is 0 Å². The summed E-state index contributed by atoms with van der Waals surface area (Å²) in [5.74, 6) is 0.307. The fourth-order valence-electron chi connectivity index (χ4n) is 4.34. The van der Waals surface area contributed by atoms with Crippen LogP contribution in [0.1, 0.15) is 54.4 Å². The largest absolute Gasteiger partial charge is 0.366 e. The van der Waals surface area contributed by atoms with E-state index >= 15 is 0 Å². The van der Waals surface area contributed by atoms with Gasteiger partial charge in [-0.2, -0.15) is 0 Å². The Hall–Kier alpha value is -1.88. The third-order valence-electron chi connectivity index (χ3n) is 6.26. The highest BCUT2D eigenvalue weighted by Crippen LogP contribution is 2.48. The molecule has 2 aliphatic carbocycles. The van der Waals surface area contributed by atoms with Gasteiger partial charge in [0.15, 0.2) is 0 Å². The molecule has 3 fully saturated rings. The van der Waals surface area contributed by atoms with E-state index in [4.69, 9.17) is 5.73 Å². The van der Waals surface area contributed by atoms with Crippen LogP contribution in [0.5, 0.6) is 0 Å². The summed E-state index contributed by atoms with van der Waals surface area (Å²) in [6.07, 6.45) is 4.93. The van der Waals surface area contributed by atoms with E-state index in [1.54, 1.807) is 12.1 Å². The topological polar surface area (TPSA) is 66.6 Å². The first-order chi connectivity index (χ1) is 12.0. The molecule has 4 rings (SSSR count). The quantitative estimate of drug-likeness (QED) is 0.910. The Kier molecular flexibility index (Phi) is 4.28. The van der Waals surface area contributed by atoms with Crippen molar-refractivity contribution >= 4 is 11.8 Å². The van der Waals surface area contributed by atoms with E-state index in [0.717, 1.165) is 37.7 Å². The fourth-order valence-corrected chi connectivity index (χ4v) is 4.34. The minimum Gasteiger partial charge on any atom is -0.366 e. The van der Waals surface area contributed by atoms with Crippen molar-refractivity contribution in [3.63, 3.8) is 0 Å². The summed E-state index contributed by atoms with van der Waals surface area (Å²) >= 11 is 0. The normalized spacial score (nSPS) is 30.0. The summed E-state index contributed by atoms with van der Waals surface area (Å²) < 4.78 is 0. The molecular weight excluding hydrogens is 314 g/mol. The number of nitrogens with zero attached hydrogens (tertiary/aromatic N) is 2. The van der Waals surface area contributed by atoms with E-state index in [-0.39, 0.29) is 5.92 Å². The van der Waals surface area contributed by atoms with Crippen LogP contribution in [0.2, 0.25) is 0 Å². The maximum atomic E-state index is 12.9. The van der Waals surface area contributed by atoms with Crippen LogP contribution in [-0.2, 0) is 4.79 Å². The molecule has 1 aliphatic heterocycles. The van der Waals surface area contributed by atoms with Crippen molar-refractivity contribution in [2.75, 3.05) is 19.6 Å². The Balaban J connectivity index is 1.35. The summed E-state index contributed by atoms with van der Waals surface area (Å²) in [6.45, 7) is 5.08. The number of carbonyl (C=O) groups is 2.